The monoisotopic (exact) mass is 350 g/mol. The first-order chi connectivity index (χ1) is 10.6. The lowest BCUT2D eigenvalue weighted by Gasteiger charge is -2.29. The number of benzene rings is 1. The van der Waals surface area contributed by atoms with Crippen molar-refractivity contribution in [3.05, 3.63) is 57.8 Å². The molecule has 2 N–H and O–H groups in total. The zero-order valence-electron chi connectivity index (χ0n) is 13.5. The van der Waals surface area contributed by atoms with Gasteiger partial charge in [0.15, 0.2) is 0 Å². The van der Waals surface area contributed by atoms with Crippen LogP contribution in [0.5, 0.6) is 0 Å². The van der Waals surface area contributed by atoms with Crippen LogP contribution in [0.25, 0.3) is 0 Å². The van der Waals surface area contributed by atoms with Crippen LogP contribution in [0.2, 0.25) is 0 Å². The summed E-state index contributed by atoms with van der Waals surface area (Å²) in [5.74, 6) is 0.0832. The van der Waals surface area contributed by atoms with E-state index in [9.17, 15) is 4.79 Å². The summed E-state index contributed by atoms with van der Waals surface area (Å²) in [7, 11) is 0. The molecule has 23 heavy (non-hydrogen) atoms. The van der Waals surface area contributed by atoms with Crippen LogP contribution < -0.4 is 10.6 Å². The van der Waals surface area contributed by atoms with E-state index in [1.165, 1.54) is 11.1 Å². The van der Waals surface area contributed by atoms with Gasteiger partial charge in [-0.05, 0) is 49.4 Å². The SMILES string of the molecule is CC(C)(C(=O)NCC1NCCc2ccccc21)c1cccs1.Cl. The van der Waals surface area contributed by atoms with E-state index in [1.807, 2.05) is 31.4 Å². The van der Waals surface area contributed by atoms with Crippen LogP contribution in [0.4, 0.5) is 0 Å². The Morgan fingerprint density at radius 3 is 2.83 bits per heavy atom. The third-order valence-electron chi connectivity index (χ3n) is 4.39. The van der Waals surface area contributed by atoms with E-state index in [4.69, 9.17) is 0 Å². The van der Waals surface area contributed by atoms with Crippen molar-refractivity contribution in [3.63, 3.8) is 0 Å². The first-order valence-electron chi connectivity index (χ1n) is 7.72. The van der Waals surface area contributed by atoms with Crippen molar-refractivity contribution >= 4 is 29.7 Å². The van der Waals surface area contributed by atoms with Gasteiger partial charge in [-0.25, -0.2) is 0 Å². The second kappa shape index (κ2) is 7.47. The molecule has 0 fully saturated rings. The molecule has 2 heterocycles. The van der Waals surface area contributed by atoms with Gasteiger partial charge in [-0.2, -0.15) is 0 Å². The van der Waals surface area contributed by atoms with E-state index in [2.05, 4.69) is 34.9 Å². The van der Waals surface area contributed by atoms with Crippen molar-refractivity contribution in [2.24, 2.45) is 0 Å². The van der Waals surface area contributed by atoms with E-state index in [-0.39, 0.29) is 24.4 Å². The molecule has 0 saturated heterocycles. The molecule has 0 aliphatic carbocycles. The van der Waals surface area contributed by atoms with Gasteiger partial charge >= 0.3 is 0 Å². The topological polar surface area (TPSA) is 41.1 Å². The van der Waals surface area contributed by atoms with Gasteiger partial charge in [-0.1, -0.05) is 30.3 Å². The number of halogens is 1. The van der Waals surface area contributed by atoms with Crippen LogP contribution in [0.15, 0.2) is 41.8 Å². The lowest BCUT2D eigenvalue weighted by Crippen LogP contribution is -2.44. The molecule has 1 amide bonds. The Kier molecular flexibility index (Phi) is 5.84. The fourth-order valence-electron chi connectivity index (χ4n) is 2.94. The van der Waals surface area contributed by atoms with Crippen molar-refractivity contribution in [1.29, 1.82) is 0 Å². The highest BCUT2D eigenvalue weighted by atomic mass is 35.5. The maximum atomic E-state index is 12.6. The highest BCUT2D eigenvalue weighted by Crippen LogP contribution is 2.28. The summed E-state index contributed by atoms with van der Waals surface area (Å²) in [6.07, 6.45) is 1.06. The molecule has 1 aromatic carbocycles. The van der Waals surface area contributed by atoms with Crippen molar-refractivity contribution < 1.29 is 4.79 Å². The Bertz CT molecular complexity index is 655. The molecule has 1 aliphatic rings. The number of fused-ring (bicyclic) bond motifs is 1. The molecule has 5 heteroatoms. The minimum absolute atomic E-state index is 0. The second-order valence-electron chi connectivity index (χ2n) is 6.27. The summed E-state index contributed by atoms with van der Waals surface area (Å²) < 4.78 is 0. The van der Waals surface area contributed by atoms with E-state index in [1.54, 1.807) is 11.3 Å². The molecule has 1 unspecified atom stereocenters. The maximum absolute atomic E-state index is 12.6. The lowest BCUT2D eigenvalue weighted by atomic mass is 9.89. The number of carbonyl (C=O) groups excluding carboxylic acids is 1. The smallest absolute Gasteiger partial charge is 0.230 e. The van der Waals surface area contributed by atoms with Crippen LogP contribution in [0.1, 0.15) is 35.9 Å². The highest BCUT2D eigenvalue weighted by molar-refractivity contribution is 7.10. The zero-order chi connectivity index (χ0) is 15.6. The van der Waals surface area contributed by atoms with Gasteiger partial charge in [0, 0.05) is 17.5 Å². The van der Waals surface area contributed by atoms with Crippen molar-refractivity contribution in [2.45, 2.75) is 31.7 Å². The molecular weight excluding hydrogens is 328 g/mol. The summed E-state index contributed by atoms with van der Waals surface area (Å²) >= 11 is 1.63. The Labute approximate surface area is 147 Å². The van der Waals surface area contributed by atoms with Gasteiger partial charge < -0.3 is 10.6 Å². The molecule has 3 nitrogen and oxygen atoms in total. The summed E-state index contributed by atoms with van der Waals surface area (Å²) in [4.78, 5) is 13.7. The quantitative estimate of drug-likeness (QED) is 0.886. The fourth-order valence-corrected chi connectivity index (χ4v) is 3.78. The van der Waals surface area contributed by atoms with Gasteiger partial charge in [0.1, 0.15) is 0 Å². The van der Waals surface area contributed by atoms with Crippen LogP contribution in [0.3, 0.4) is 0 Å². The average molecular weight is 351 g/mol. The van der Waals surface area contributed by atoms with E-state index >= 15 is 0 Å². The number of nitrogens with one attached hydrogen (secondary N) is 2. The second-order valence-corrected chi connectivity index (χ2v) is 7.22. The van der Waals surface area contributed by atoms with Gasteiger partial charge in [-0.3, -0.25) is 4.79 Å². The minimum atomic E-state index is -0.484. The van der Waals surface area contributed by atoms with E-state index in [0.29, 0.717) is 6.54 Å². The summed E-state index contributed by atoms with van der Waals surface area (Å²) in [5, 5.41) is 8.65. The molecular formula is C18H23ClN2OS. The largest absolute Gasteiger partial charge is 0.353 e. The number of amides is 1. The fraction of sp³-hybridized carbons (Fsp3) is 0.389. The van der Waals surface area contributed by atoms with Crippen LogP contribution >= 0.6 is 23.7 Å². The minimum Gasteiger partial charge on any atom is -0.353 e. The number of hydrogen-bond acceptors (Lipinski definition) is 3. The van der Waals surface area contributed by atoms with Crippen molar-refractivity contribution in [1.82, 2.24) is 10.6 Å². The summed E-state index contributed by atoms with van der Waals surface area (Å²) in [6, 6.07) is 12.7. The Morgan fingerprint density at radius 2 is 2.09 bits per heavy atom. The number of hydrogen-bond donors (Lipinski definition) is 2. The maximum Gasteiger partial charge on any atom is 0.230 e. The normalized spacial score (nSPS) is 17.0. The van der Waals surface area contributed by atoms with Crippen LogP contribution in [0, 0.1) is 0 Å². The number of carbonyl (C=O) groups is 1. The standard InChI is InChI=1S/C18H22N2OS.ClH/c1-18(2,16-8-5-11-22-16)17(21)20-12-15-14-7-4-3-6-13(14)9-10-19-15;/h3-8,11,15,19H,9-10,12H2,1-2H3,(H,20,21);1H. The van der Waals surface area contributed by atoms with Gasteiger partial charge in [0.2, 0.25) is 5.91 Å². The molecule has 0 saturated carbocycles. The first-order valence-corrected chi connectivity index (χ1v) is 8.60. The molecule has 0 radical (unpaired) electrons. The van der Waals surface area contributed by atoms with Crippen molar-refractivity contribution in [2.75, 3.05) is 13.1 Å². The van der Waals surface area contributed by atoms with Crippen molar-refractivity contribution in [3.8, 4) is 0 Å². The molecule has 3 rings (SSSR count). The van der Waals surface area contributed by atoms with E-state index in [0.717, 1.165) is 17.8 Å². The molecule has 1 aliphatic heterocycles. The van der Waals surface area contributed by atoms with Crippen LogP contribution in [-0.4, -0.2) is 19.0 Å². The van der Waals surface area contributed by atoms with Gasteiger partial charge in [0.05, 0.1) is 5.41 Å². The van der Waals surface area contributed by atoms with Gasteiger partial charge in [0.25, 0.3) is 0 Å². The average Bonchev–Trinajstić information content (AvgIpc) is 3.07. The highest BCUT2D eigenvalue weighted by Gasteiger charge is 2.31. The van der Waals surface area contributed by atoms with Gasteiger partial charge in [-0.15, -0.1) is 23.7 Å². The molecule has 0 spiro atoms. The Hall–Kier alpha value is -1.36. The summed E-state index contributed by atoms with van der Waals surface area (Å²) in [6.45, 7) is 5.56. The molecule has 1 aromatic heterocycles. The zero-order valence-corrected chi connectivity index (χ0v) is 15.1. The predicted octanol–water partition coefficient (Wildman–Crippen LogP) is 3.45. The molecule has 2 aromatic rings. The molecule has 124 valence electrons. The summed E-state index contributed by atoms with van der Waals surface area (Å²) in [5.41, 5.74) is 2.21. The third-order valence-corrected chi connectivity index (χ3v) is 5.58. The third kappa shape index (κ3) is 3.77. The van der Waals surface area contributed by atoms with E-state index < -0.39 is 5.41 Å². The van der Waals surface area contributed by atoms with Crippen LogP contribution in [-0.2, 0) is 16.6 Å². The Morgan fingerprint density at radius 1 is 1.30 bits per heavy atom. The number of rotatable bonds is 4. The number of thiophene rings is 1. The first kappa shape index (κ1) is 18.0. The predicted molar refractivity (Wildman–Crippen MR) is 98.5 cm³/mol. The molecule has 0 bridgehead atoms. The Balaban J connectivity index is 0.00000192. The molecule has 1 atom stereocenters. The lowest BCUT2D eigenvalue weighted by molar-refractivity contribution is -0.125.